The molecule has 0 fully saturated rings. The third kappa shape index (κ3) is 1.68. The van der Waals surface area contributed by atoms with Gasteiger partial charge in [-0.15, -0.1) is 0 Å². The van der Waals surface area contributed by atoms with Crippen molar-refractivity contribution in [2.45, 2.75) is 25.7 Å². The Morgan fingerprint density at radius 2 is 2.00 bits per heavy atom. The van der Waals surface area contributed by atoms with E-state index in [0.717, 1.165) is 0 Å². The zero-order valence-corrected chi connectivity index (χ0v) is 7.08. The first-order valence-electron chi connectivity index (χ1n) is 3.34. The van der Waals surface area contributed by atoms with Gasteiger partial charge in [0.15, 0.2) is 0 Å². The average Bonchev–Trinajstić information content (AvgIpc) is 1.89. The van der Waals surface area contributed by atoms with Gasteiger partial charge in [-0.25, -0.2) is 0 Å². The maximum atomic E-state index is 3.75. The number of rotatable bonds is 1. The zero-order valence-electron chi connectivity index (χ0n) is 5.49. The summed E-state index contributed by atoms with van der Waals surface area (Å²) in [6.07, 6.45) is 7.04. The van der Waals surface area contributed by atoms with Crippen LogP contribution < -0.4 is 0 Å². The monoisotopic (exact) mass is 186 g/mol. The molecular weight excluding hydrogens is 176 g/mol. The van der Waals surface area contributed by atoms with Crippen LogP contribution in [0.3, 0.4) is 0 Å². The highest BCUT2D eigenvalue weighted by Crippen LogP contribution is 2.28. The first-order chi connectivity index (χ1) is 4.34. The van der Waals surface area contributed by atoms with Gasteiger partial charge >= 0.3 is 0 Å². The van der Waals surface area contributed by atoms with Gasteiger partial charge in [0, 0.05) is 0 Å². The summed E-state index contributed by atoms with van der Waals surface area (Å²) in [4.78, 5) is 0. The van der Waals surface area contributed by atoms with Gasteiger partial charge in [0.2, 0.25) is 0 Å². The predicted octanol–water partition coefficient (Wildman–Crippen LogP) is 3.40. The van der Waals surface area contributed by atoms with Crippen molar-refractivity contribution in [1.82, 2.24) is 0 Å². The molecule has 0 atom stereocenters. The minimum absolute atomic E-state index is 1.21. The second-order valence-electron chi connectivity index (χ2n) is 2.34. The predicted molar refractivity (Wildman–Crippen MR) is 44.6 cm³/mol. The van der Waals surface area contributed by atoms with E-state index in [9.17, 15) is 0 Å². The fourth-order valence-electron chi connectivity index (χ4n) is 1.10. The van der Waals surface area contributed by atoms with E-state index in [4.69, 9.17) is 0 Å². The van der Waals surface area contributed by atoms with Crippen LogP contribution in [0.25, 0.3) is 0 Å². The Balaban J connectivity index is 2.70. The van der Waals surface area contributed by atoms with Crippen molar-refractivity contribution in [3.8, 4) is 0 Å². The fraction of sp³-hybridized carbons (Fsp3) is 0.500. The van der Waals surface area contributed by atoms with Crippen LogP contribution in [-0.4, -0.2) is 0 Å². The van der Waals surface area contributed by atoms with Crippen molar-refractivity contribution in [2.24, 2.45) is 0 Å². The zero-order chi connectivity index (χ0) is 6.69. The SMILES string of the molecule is C=CC1=C(Br)CCCC1. The number of hydrogen-bond acceptors (Lipinski definition) is 0. The molecule has 0 aliphatic heterocycles. The molecule has 0 aromatic heterocycles. The molecule has 50 valence electrons. The minimum atomic E-state index is 1.21. The molecule has 0 spiro atoms. The van der Waals surface area contributed by atoms with Gasteiger partial charge in [0.25, 0.3) is 0 Å². The van der Waals surface area contributed by atoms with Crippen molar-refractivity contribution in [3.63, 3.8) is 0 Å². The number of allylic oxidation sites excluding steroid dienone is 3. The summed E-state index contributed by atoms with van der Waals surface area (Å²) in [5.41, 5.74) is 1.40. The Labute approximate surface area is 64.8 Å². The van der Waals surface area contributed by atoms with Crippen LogP contribution in [0.1, 0.15) is 25.7 Å². The van der Waals surface area contributed by atoms with Crippen molar-refractivity contribution in [1.29, 1.82) is 0 Å². The molecular formula is C8H11Br. The standard InChI is InChI=1S/C8H11Br/c1-2-7-5-3-4-6-8(7)9/h2H,1,3-6H2. The van der Waals surface area contributed by atoms with Gasteiger partial charge < -0.3 is 0 Å². The van der Waals surface area contributed by atoms with Crippen LogP contribution in [0, 0.1) is 0 Å². The molecule has 0 heterocycles. The number of hydrogen-bond donors (Lipinski definition) is 0. The van der Waals surface area contributed by atoms with Crippen LogP contribution in [0.2, 0.25) is 0 Å². The molecule has 0 amide bonds. The quantitative estimate of drug-likeness (QED) is 0.590. The van der Waals surface area contributed by atoms with E-state index in [1.165, 1.54) is 35.7 Å². The first kappa shape index (κ1) is 7.07. The maximum Gasteiger partial charge on any atom is -0.00176 e. The highest BCUT2D eigenvalue weighted by atomic mass is 79.9. The van der Waals surface area contributed by atoms with Crippen LogP contribution in [-0.2, 0) is 0 Å². The van der Waals surface area contributed by atoms with Crippen molar-refractivity contribution in [2.75, 3.05) is 0 Å². The van der Waals surface area contributed by atoms with Gasteiger partial charge in [-0.1, -0.05) is 28.6 Å². The lowest BCUT2D eigenvalue weighted by Crippen LogP contribution is -1.91. The summed E-state index contributed by atoms with van der Waals surface area (Å²) in [5.74, 6) is 0. The summed E-state index contributed by atoms with van der Waals surface area (Å²) >= 11 is 3.52. The van der Waals surface area contributed by atoms with Gasteiger partial charge in [0.1, 0.15) is 0 Å². The Kier molecular flexibility index (Phi) is 2.52. The summed E-state index contributed by atoms with van der Waals surface area (Å²) < 4.78 is 1.36. The molecule has 1 aliphatic carbocycles. The molecule has 0 saturated heterocycles. The summed E-state index contributed by atoms with van der Waals surface area (Å²) in [5, 5.41) is 0. The van der Waals surface area contributed by atoms with Gasteiger partial charge in [-0.2, -0.15) is 0 Å². The number of halogens is 1. The largest absolute Gasteiger partial charge is 0.0988 e. The van der Waals surface area contributed by atoms with Crippen molar-refractivity contribution < 1.29 is 0 Å². The Bertz CT molecular complexity index is 145. The lowest BCUT2D eigenvalue weighted by Gasteiger charge is -2.11. The van der Waals surface area contributed by atoms with Crippen molar-refractivity contribution >= 4 is 15.9 Å². The van der Waals surface area contributed by atoms with E-state index < -0.39 is 0 Å². The van der Waals surface area contributed by atoms with E-state index in [2.05, 4.69) is 22.5 Å². The first-order valence-corrected chi connectivity index (χ1v) is 4.14. The van der Waals surface area contributed by atoms with E-state index in [1.807, 2.05) is 6.08 Å². The topological polar surface area (TPSA) is 0 Å². The summed E-state index contributed by atoms with van der Waals surface area (Å²) in [7, 11) is 0. The molecule has 9 heavy (non-hydrogen) atoms. The molecule has 0 unspecified atom stereocenters. The third-order valence-corrected chi connectivity index (χ3v) is 2.59. The third-order valence-electron chi connectivity index (χ3n) is 1.69. The van der Waals surface area contributed by atoms with Crippen LogP contribution in [0.5, 0.6) is 0 Å². The molecule has 1 rings (SSSR count). The van der Waals surface area contributed by atoms with E-state index in [0.29, 0.717) is 0 Å². The summed E-state index contributed by atoms with van der Waals surface area (Å²) in [6, 6.07) is 0. The average molecular weight is 187 g/mol. The molecule has 0 nitrogen and oxygen atoms in total. The second kappa shape index (κ2) is 3.21. The van der Waals surface area contributed by atoms with Crippen molar-refractivity contribution in [3.05, 3.63) is 22.7 Å². The molecule has 0 bridgehead atoms. The summed E-state index contributed by atoms with van der Waals surface area (Å²) in [6.45, 7) is 3.75. The van der Waals surface area contributed by atoms with Crippen LogP contribution >= 0.6 is 15.9 Å². The highest BCUT2D eigenvalue weighted by molar-refractivity contribution is 9.11. The molecule has 0 aromatic rings. The molecule has 0 aromatic carbocycles. The van der Waals surface area contributed by atoms with E-state index >= 15 is 0 Å². The van der Waals surface area contributed by atoms with Crippen LogP contribution in [0.15, 0.2) is 22.7 Å². The van der Waals surface area contributed by atoms with E-state index in [-0.39, 0.29) is 0 Å². The Morgan fingerprint density at radius 3 is 2.44 bits per heavy atom. The molecule has 0 radical (unpaired) electrons. The Morgan fingerprint density at radius 1 is 1.33 bits per heavy atom. The fourth-order valence-corrected chi connectivity index (χ4v) is 1.75. The van der Waals surface area contributed by atoms with Gasteiger partial charge in [0.05, 0.1) is 0 Å². The van der Waals surface area contributed by atoms with Gasteiger partial charge in [-0.05, 0) is 35.7 Å². The maximum absolute atomic E-state index is 3.75. The molecule has 1 aliphatic rings. The highest BCUT2D eigenvalue weighted by Gasteiger charge is 2.05. The smallest absolute Gasteiger partial charge is 0.00176 e. The van der Waals surface area contributed by atoms with Crippen LogP contribution in [0.4, 0.5) is 0 Å². The minimum Gasteiger partial charge on any atom is -0.0988 e. The lowest BCUT2D eigenvalue weighted by molar-refractivity contribution is 0.707. The van der Waals surface area contributed by atoms with E-state index in [1.54, 1.807) is 0 Å². The Hall–Kier alpha value is -0.0400. The second-order valence-corrected chi connectivity index (χ2v) is 3.30. The molecule has 1 heteroatoms. The van der Waals surface area contributed by atoms with Gasteiger partial charge in [-0.3, -0.25) is 0 Å². The normalized spacial score (nSPS) is 20.1. The molecule has 0 saturated carbocycles. The molecule has 0 N–H and O–H groups in total. The lowest BCUT2D eigenvalue weighted by atomic mass is 10.00.